The molecule has 1 fully saturated rings. The van der Waals surface area contributed by atoms with E-state index in [4.69, 9.17) is 0 Å². The van der Waals surface area contributed by atoms with E-state index in [1.54, 1.807) is 0 Å². The number of carbonyl (C=O) groups excluding carboxylic acids is 2. The molecule has 1 saturated heterocycles. The average Bonchev–Trinajstić information content (AvgIpc) is 2.29. The lowest BCUT2D eigenvalue weighted by Crippen LogP contribution is -2.46. The van der Waals surface area contributed by atoms with Gasteiger partial charge in [-0.2, -0.15) is 0 Å². The summed E-state index contributed by atoms with van der Waals surface area (Å²) in [4.78, 5) is 25.1. The zero-order valence-electron chi connectivity index (χ0n) is 9.66. The number of nitrogens with zero attached hydrogens (tertiary/aromatic N) is 1. The lowest BCUT2D eigenvalue weighted by atomic mass is 9.96. The van der Waals surface area contributed by atoms with Crippen LogP contribution in [0.1, 0.15) is 26.2 Å². The van der Waals surface area contributed by atoms with Crippen molar-refractivity contribution in [2.24, 2.45) is 5.92 Å². The summed E-state index contributed by atoms with van der Waals surface area (Å²) in [5.74, 6) is 0.259. The zero-order chi connectivity index (χ0) is 11.5. The van der Waals surface area contributed by atoms with Gasteiger partial charge in [0.05, 0.1) is 5.92 Å². The Morgan fingerprint density at radius 2 is 2.38 bits per heavy atom. The summed E-state index contributed by atoms with van der Waals surface area (Å²) in [5.41, 5.74) is 1.26. The summed E-state index contributed by atoms with van der Waals surface area (Å²) in [6.07, 6.45) is 4.33. The number of amides is 2. The number of hydrogen-bond acceptors (Lipinski definition) is 2. The van der Waals surface area contributed by atoms with Crippen molar-refractivity contribution in [2.45, 2.75) is 26.2 Å². The highest BCUT2D eigenvalue weighted by Gasteiger charge is 2.28. The summed E-state index contributed by atoms with van der Waals surface area (Å²) in [6, 6.07) is 0. The van der Waals surface area contributed by atoms with E-state index in [-0.39, 0.29) is 17.7 Å². The van der Waals surface area contributed by atoms with Crippen LogP contribution >= 0.6 is 0 Å². The second-order valence-electron chi connectivity index (χ2n) is 4.64. The van der Waals surface area contributed by atoms with Gasteiger partial charge in [-0.25, -0.2) is 0 Å². The van der Waals surface area contributed by atoms with Crippen LogP contribution in [-0.4, -0.2) is 36.3 Å². The molecule has 2 aliphatic rings. The van der Waals surface area contributed by atoms with Gasteiger partial charge in [0.25, 0.3) is 0 Å². The molecule has 0 spiro atoms. The van der Waals surface area contributed by atoms with Crippen LogP contribution in [0.3, 0.4) is 0 Å². The summed E-state index contributed by atoms with van der Waals surface area (Å²) in [6.45, 7) is 4.14. The van der Waals surface area contributed by atoms with E-state index >= 15 is 0 Å². The molecule has 1 unspecified atom stereocenters. The highest BCUT2D eigenvalue weighted by Crippen LogP contribution is 2.17. The molecule has 0 aliphatic carbocycles. The molecule has 2 heterocycles. The van der Waals surface area contributed by atoms with Crippen molar-refractivity contribution in [1.29, 1.82) is 0 Å². The Morgan fingerprint density at radius 1 is 1.56 bits per heavy atom. The molecule has 0 aromatic rings. The molecule has 0 radical (unpaired) electrons. The molecule has 2 aliphatic heterocycles. The Kier molecular flexibility index (Phi) is 3.27. The summed E-state index contributed by atoms with van der Waals surface area (Å²) < 4.78 is 0. The number of carbonyl (C=O) groups is 2. The van der Waals surface area contributed by atoms with Gasteiger partial charge in [-0.3, -0.25) is 9.59 Å². The number of nitrogens with one attached hydrogen (secondary N) is 1. The van der Waals surface area contributed by atoms with Crippen LogP contribution in [0.4, 0.5) is 0 Å². The molecule has 1 atom stereocenters. The quantitative estimate of drug-likeness (QED) is 0.664. The van der Waals surface area contributed by atoms with Crippen LogP contribution in [-0.2, 0) is 9.59 Å². The van der Waals surface area contributed by atoms with Gasteiger partial charge >= 0.3 is 0 Å². The normalized spacial score (nSPS) is 26.1. The molecule has 88 valence electrons. The summed E-state index contributed by atoms with van der Waals surface area (Å²) >= 11 is 0. The highest BCUT2D eigenvalue weighted by molar-refractivity contribution is 5.84. The van der Waals surface area contributed by atoms with Crippen molar-refractivity contribution in [3.63, 3.8) is 0 Å². The minimum atomic E-state index is -0.0106. The largest absolute Gasteiger partial charge is 0.355 e. The Balaban J connectivity index is 1.92. The fraction of sp³-hybridized carbons (Fsp3) is 0.667. The Morgan fingerprint density at radius 3 is 3.00 bits per heavy atom. The fourth-order valence-corrected chi connectivity index (χ4v) is 2.30. The maximum absolute atomic E-state index is 12.2. The first-order chi connectivity index (χ1) is 7.66. The van der Waals surface area contributed by atoms with Gasteiger partial charge < -0.3 is 10.2 Å². The maximum Gasteiger partial charge on any atom is 0.227 e. The van der Waals surface area contributed by atoms with Crippen LogP contribution in [0.25, 0.3) is 0 Å². The van der Waals surface area contributed by atoms with E-state index in [0.29, 0.717) is 19.4 Å². The van der Waals surface area contributed by atoms with Crippen LogP contribution in [0.15, 0.2) is 11.6 Å². The highest BCUT2D eigenvalue weighted by atomic mass is 16.2. The third-order valence-corrected chi connectivity index (χ3v) is 3.26. The van der Waals surface area contributed by atoms with Crippen LogP contribution in [0.5, 0.6) is 0 Å². The van der Waals surface area contributed by atoms with Crippen molar-refractivity contribution in [3.8, 4) is 0 Å². The monoisotopic (exact) mass is 222 g/mol. The Bertz CT molecular complexity index is 326. The molecule has 2 amide bonds. The zero-order valence-corrected chi connectivity index (χ0v) is 9.66. The standard InChI is InChI=1S/C12H18N2O2/c1-9-3-2-6-14(8-9)12(16)10-4-5-11(15)13-7-10/h3,10H,2,4-8H2,1H3,(H,13,15). The lowest BCUT2D eigenvalue weighted by Gasteiger charge is -2.31. The van der Waals surface area contributed by atoms with E-state index in [1.807, 2.05) is 4.90 Å². The number of piperidine rings is 1. The molecule has 0 aromatic carbocycles. The van der Waals surface area contributed by atoms with Gasteiger partial charge in [0, 0.05) is 26.1 Å². The molecule has 1 N–H and O–H groups in total. The SMILES string of the molecule is CC1=CCCN(C(=O)C2CCC(=O)NC2)C1. The van der Waals surface area contributed by atoms with Crippen molar-refractivity contribution < 1.29 is 9.59 Å². The lowest BCUT2D eigenvalue weighted by molar-refractivity contribution is -0.137. The van der Waals surface area contributed by atoms with E-state index in [0.717, 1.165) is 19.5 Å². The molecule has 0 bridgehead atoms. The second-order valence-corrected chi connectivity index (χ2v) is 4.64. The number of hydrogen-bond donors (Lipinski definition) is 1. The van der Waals surface area contributed by atoms with Gasteiger partial charge in [0.2, 0.25) is 11.8 Å². The van der Waals surface area contributed by atoms with E-state index in [2.05, 4.69) is 18.3 Å². The smallest absolute Gasteiger partial charge is 0.227 e. The minimum Gasteiger partial charge on any atom is -0.355 e. The molecule has 16 heavy (non-hydrogen) atoms. The molecular formula is C12H18N2O2. The molecule has 4 heteroatoms. The second kappa shape index (κ2) is 4.68. The van der Waals surface area contributed by atoms with Gasteiger partial charge in [0.1, 0.15) is 0 Å². The number of rotatable bonds is 1. The first-order valence-electron chi connectivity index (χ1n) is 5.88. The van der Waals surface area contributed by atoms with E-state index in [1.165, 1.54) is 5.57 Å². The van der Waals surface area contributed by atoms with Gasteiger partial charge in [-0.1, -0.05) is 11.6 Å². The minimum absolute atomic E-state index is 0.0106. The Hall–Kier alpha value is -1.32. The first-order valence-corrected chi connectivity index (χ1v) is 5.88. The molecule has 0 aromatic heterocycles. The third kappa shape index (κ3) is 2.43. The summed E-state index contributed by atoms with van der Waals surface area (Å²) in [5, 5.41) is 2.76. The molecule has 2 rings (SSSR count). The molecular weight excluding hydrogens is 204 g/mol. The van der Waals surface area contributed by atoms with Crippen molar-refractivity contribution in [3.05, 3.63) is 11.6 Å². The predicted molar refractivity (Wildman–Crippen MR) is 60.7 cm³/mol. The third-order valence-electron chi connectivity index (χ3n) is 3.26. The van der Waals surface area contributed by atoms with E-state index < -0.39 is 0 Å². The first kappa shape index (κ1) is 11.2. The van der Waals surface area contributed by atoms with Gasteiger partial charge in [-0.15, -0.1) is 0 Å². The van der Waals surface area contributed by atoms with Crippen molar-refractivity contribution >= 4 is 11.8 Å². The van der Waals surface area contributed by atoms with Crippen molar-refractivity contribution in [1.82, 2.24) is 10.2 Å². The van der Waals surface area contributed by atoms with Gasteiger partial charge in [0.15, 0.2) is 0 Å². The van der Waals surface area contributed by atoms with Crippen molar-refractivity contribution in [2.75, 3.05) is 19.6 Å². The molecule has 0 saturated carbocycles. The van der Waals surface area contributed by atoms with Gasteiger partial charge in [-0.05, 0) is 19.8 Å². The fourth-order valence-electron chi connectivity index (χ4n) is 2.30. The van der Waals surface area contributed by atoms with Crippen LogP contribution in [0, 0.1) is 5.92 Å². The topological polar surface area (TPSA) is 49.4 Å². The van der Waals surface area contributed by atoms with Crippen LogP contribution < -0.4 is 5.32 Å². The van der Waals surface area contributed by atoms with Crippen LogP contribution in [0.2, 0.25) is 0 Å². The molecule has 4 nitrogen and oxygen atoms in total. The summed E-state index contributed by atoms with van der Waals surface area (Å²) in [7, 11) is 0. The average molecular weight is 222 g/mol. The predicted octanol–water partition coefficient (Wildman–Crippen LogP) is 0.691. The Labute approximate surface area is 95.7 Å². The van der Waals surface area contributed by atoms with E-state index in [9.17, 15) is 9.59 Å². The maximum atomic E-state index is 12.2.